The lowest BCUT2D eigenvalue weighted by Crippen LogP contribution is -2.55. The summed E-state index contributed by atoms with van der Waals surface area (Å²) < 4.78 is 0. The third-order valence-electron chi connectivity index (χ3n) is 4.16. The van der Waals surface area contributed by atoms with Crippen LogP contribution >= 0.6 is 0 Å². The van der Waals surface area contributed by atoms with Crippen molar-refractivity contribution in [2.24, 2.45) is 0 Å². The van der Waals surface area contributed by atoms with E-state index < -0.39 is 18.2 Å². The largest absolute Gasteiger partial charge is 0.369 e. The Kier molecular flexibility index (Phi) is 2.97. The minimum Gasteiger partial charge on any atom is -0.369 e. The zero-order valence-corrected chi connectivity index (χ0v) is 11.2. The van der Waals surface area contributed by atoms with Crippen molar-refractivity contribution in [2.75, 3.05) is 0 Å². The molecule has 0 aromatic rings. The SMILES string of the molecule is CC1=CCCC2=C1C(O)N(C1CCC(=O)NC1=O)C2=O. The van der Waals surface area contributed by atoms with Crippen LogP contribution in [0, 0.1) is 0 Å². The Hall–Kier alpha value is -1.95. The van der Waals surface area contributed by atoms with Gasteiger partial charge in [0.05, 0.1) is 0 Å². The Bertz CT molecular complexity index is 576. The van der Waals surface area contributed by atoms with E-state index in [1.54, 1.807) is 0 Å². The summed E-state index contributed by atoms with van der Waals surface area (Å²) in [7, 11) is 0. The predicted octanol–water partition coefficient (Wildman–Crippen LogP) is -0.0111. The van der Waals surface area contributed by atoms with E-state index in [9.17, 15) is 19.5 Å². The van der Waals surface area contributed by atoms with Crippen molar-refractivity contribution in [3.8, 4) is 0 Å². The molecule has 3 amide bonds. The fourth-order valence-corrected chi connectivity index (χ4v) is 3.16. The summed E-state index contributed by atoms with van der Waals surface area (Å²) >= 11 is 0. The molecule has 2 aliphatic heterocycles. The van der Waals surface area contributed by atoms with E-state index in [0.29, 0.717) is 17.6 Å². The lowest BCUT2D eigenvalue weighted by molar-refractivity contribution is -0.149. The number of rotatable bonds is 1. The Morgan fingerprint density at radius 3 is 2.70 bits per heavy atom. The number of allylic oxidation sites excluding steroid dienone is 1. The fraction of sp³-hybridized carbons (Fsp3) is 0.500. The molecule has 0 bridgehead atoms. The molecule has 106 valence electrons. The number of piperidine rings is 1. The number of aliphatic hydroxyl groups excluding tert-OH is 1. The van der Waals surface area contributed by atoms with Crippen molar-refractivity contribution in [3.63, 3.8) is 0 Å². The second-order valence-electron chi connectivity index (χ2n) is 5.37. The summed E-state index contributed by atoms with van der Waals surface area (Å²) in [5.74, 6) is -1.12. The Balaban J connectivity index is 1.90. The first kappa shape index (κ1) is 13.1. The molecule has 2 heterocycles. The van der Waals surface area contributed by atoms with Gasteiger partial charge in [-0.25, -0.2) is 0 Å². The number of imide groups is 1. The van der Waals surface area contributed by atoms with Crippen LogP contribution in [-0.2, 0) is 14.4 Å². The van der Waals surface area contributed by atoms with Crippen LogP contribution in [0.1, 0.15) is 32.6 Å². The average molecular weight is 276 g/mol. The van der Waals surface area contributed by atoms with Crippen LogP contribution in [0.3, 0.4) is 0 Å². The van der Waals surface area contributed by atoms with Gasteiger partial charge in [-0.3, -0.25) is 24.6 Å². The highest BCUT2D eigenvalue weighted by molar-refractivity contribution is 6.05. The van der Waals surface area contributed by atoms with Crippen LogP contribution in [0.25, 0.3) is 0 Å². The van der Waals surface area contributed by atoms with Gasteiger partial charge in [-0.15, -0.1) is 0 Å². The molecule has 3 rings (SSSR count). The van der Waals surface area contributed by atoms with Gasteiger partial charge in [0, 0.05) is 17.6 Å². The lowest BCUT2D eigenvalue weighted by atomic mass is 9.93. The van der Waals surface area contributed by atoms with Crippen LogP contribution in [0.2, 0.25) is 0 Å². The normalized spacial score (nSPS) is 30.4. The van der Waals surface area contributed by atoms with Crippen LogP contribution < -0.4 is 5.32 Å². The Morgan fingerprint density at radius 2 is 2.05 bits per heavy atom. The molecule has 1 saturated heterocycles. The fourth-order valence-electron chi connectivity index (χ4n) is 3.16. The van der Waals surface area contributed by atoms with Crippen molar-refractivity contribution >= 4 is 17.7 Å². The van der Waals surface area contributed by atoms with Gasteiger partial charge in [-0.2, -0.15) is 0 Å². The minimum absolute atomic E-state index is 0.187. The van der Waals surface area contributed by atoms with Crippen molar-refractivity contribution < 1.29 is 19.5 Å². The number of carbonyl (C=O) groups is 3. The standard InChI is InChI=1S/C14H16N2O4/c1-7-3-2-4-8-11(7)14(20)16(13(8)19)9-5-6-10(17)15-12(9)18/h3,9,14,20H,2,4-6H2,1H3,(H,15,17,18). The molecule has 2 unspecified atom stereocenters. The van der Waals surface area contributed by atoms with Gasteiger partial charge in [0.1, 0.15) is 6.04 Å². The third-order valence-corrected chi connectivity index (χ3v) is 4.16. The smallest absolute Gasteiger partial charge is 0.253 e. The molecule has 2 atom stereocenters. The van der Waals surface area contributed by atoms with Gasteiger partial charge in [0.15, 0.2) is 6.23 Å². The quantitative estimate of drug-likeness (QED) is 0.659. The van der Waals surface area contributed by atoms with Gasteiger partial charge in [0.25, 0.3) is 5.91 Å². The Morgan fingerprint density at radius 1 is 1.30 bits per heavy atom. The van der Waals surface area contributed by atoms with Gasteiger partial charge in [0.2, 0.25) is 11.8 Å². The molecule has 1 fully saturated rings. The zero-order valence-electron chi connectivity index (χ0n) is 11.2. The van der Waals surface area contributed by atoms with E-state index in [-0.39, 0.29) is 24.7 Å². The van der Waals surface area contributed by atoms with Crippen molar-refractivity contribution in [1.82, 2.24) is 10.2 Å². The highest BCUT2D eigenvalue weighted by Gasteiger charge is 2.46. The van der Waals surface area contributed by atoms with E-state index in [1.807, 2.05) is 13.0 Å². The number of hydrogen-bond donors (Lipinski definition) is 2. The van der Waals surface area contributed by atoms with Gasteiger partial charge >= 0.3 is 0 Å². The van der Waals surface area contributed by atoms with Crippen molar-refractivity contribution in [2.45, 2.75) is 44.9 Å². The second kappa shape index (κ2) is 4.56. The second-order valence-corrected chi connectivity index (χ2v) is 5.37. The molecule has 0 aromatic carbocycles. The van der Waals surface area contributed by atoms with E-state index in [1.165, 1.54) is 4.90 Å². The molecule has 3 aliphatic rings. The summed E-state index contributed by atoms with van der Waals surface area (Å²) in [5.41, 5.74) is 2.12. The van der Waals surface area contributed by atoms with Crippen LogP contribution in [0.15, 0.2) is 22.8 Å². The highest BCUT2D eigenvalue weighted by atomic mass is 16.3. The first-order chi connectivity index (χ1) is 9.50. The number of carbonyl (C=O) groups excluding carboxylic acids is 3. The lowest BCUT2D eigenvalue weighted by Gasteiger charge is -2.32. The summed E-state index contributed by atoms with van der Waals surface area (Å²) in [6.07, 6.45) is 2.71. The predicted molar refractivity (Wildman–Crippen MR) is 69.0 cm³/mol. The molecular formula is C14H16N2O4. The highest BCUT2D eigenvalue weighted by Crippen LogP contribution is 2.37. The maximum Gasteiger partial charge on any atom is 0.253 e. The number of nitrogens with one attached hydrogen (secondary N) is 1. The number of hydrogen-bond acceptors (Lipinski definition) is 4. The van der Waals surface area contributed by atoms with Gasteiger partial charge in [-0.05, 0) is 31.8 Å². The molecule has 0 aromatic heterocycles. The molecule has 1 aliphatic carbocycles. The number of amides is 3. The summed E-state index contributed by atoms with van der Waals surface area (Å²) in [5, 5.41) is 12.6. The summed E-state index contributed by atoms with van der Waals surface area (Å²) in [4.78, 5) is 36.7. The van der Waals surface area contributed by atoms with Crippen molar-refractivity contribution in [1.29, 1.82) is 0 Å². The summed E-state index contributed by atoms with van der Waals surface area (Å²) in [6.45, 7) is 1.86. The average Bonchev–Trinajstić information content (AvgIpc) is 2.64. The van der Waals surface area contributed by atoms with E-state index >= 15 is 0 Å². The molecule has 0 radical (unpaired) electrons. The monoisotopic (exact) mass is 276 g/mol. The first-order valence-electron chi connectivity index (χ1n) is 6.75. The maximum absolute atomic E-state index is 12.4. The molecule has 0 saturated carbocycles. The van der Waals surface area contributed by atoms with E-state index in [0.717, 1.165) is 12.0 Å². The number of aliphatic hydroxyl groups is 1. The van der Waals surface area contributed by atoms with Crippen LogP contribution in [0.5, 0.6) is 0 Å². The molecule has 6 nitrogen and oxygen atoms in total. The number of nitrogens with zero attached hydrogens (tertiary/aromatic N) is 1. The van der Waals surface area contributed by atoms with Gasteiger partial charge in [-0.1, -0.05) is 6.08 Å². The zero-order chi connectivity index (χ0) is 14.4. The Labute approximate surface area is 116 Å². The van der Waals surface area contributed by atoms with Gasteiger partial charge < -0.3 is 5.11 Å². The molecule has 6 heteroatoms. The van der Waals surface area contributed by atoms with E-state index in [4.69, 9.17) is 0 Å². The van der Waals surface area contributed by atoms with Crippen LogP contribution in [-0.4, -0.2) is 40.0 Å². The van der Waals surface area contributed by atoms with Crippen LogP contribution in [0.4, 0.5) is 0 Å². The molecule has 2 N–H and O–H groups in total. The van der Waals surface area contributed by atoms with Crippen molar-refractivity contribution in [3.05, 3.63) is 22.8 Å². The van der Waals surface area contributed by atoms with E-state index in [2.05, 4.69) is 5.32 Å². The molecular weight excluding hydrogens is 260 g/mol. The minimum atomic E-state index is -1.09. The molecule has 20 heavy (non-hydrogen) atoms. The molecule has 0 spiro atoms. The summed E-state index contributed by atoms with van der Waals surface area (Å²) in [6, 6.07) is -0.770. The first-order valence-corrected chi connectivity index (χ1v) is 6.75. The topological polar surface area (TPSA) is 86.7 Å². The maximum atomic E-state index is 12.4. The third kappa shape index (κ3) is 1.79.